The Balaban J connectivity index is 2.69. The third kappa shape index (κ3) is 3.84. The zero-order valence-electron chi connectivity index (χ0n) is 9.11. The Bertz CT molecular complexity index is 385. The lowest BCUT2D eigenvalue weighted by Crippen LogP contribution is -2.02. The maximum atomic E-state index is 9.55. The number of hydrogen-bond acceptors (Lipinski definition) is 3. The van der Waals surface area contributed by atoms with Gasteiger partial charge in [-0.3, -0.25) is 0 Å². The minimum atomic E-state index is -0.556. The summed E-state index contributed by atoms with van der Waals surface area (Å²) in [7, 11) is 0. The summed E-state index contributed by atoms with van der Waals surface area (Å²) < 4.78 is 6.45. The van der Waals surface area contributed by atoms with Crippen LogP contribution in [0.5, 0.6) is 5.75 Å². The first-order valence-electron chi connectivity index (χ1n) is 5.12. The van der Waals surface area contributed by atoms with Gasteiger partial charge in [-0.15, -0.1) is 0 Å². The van der Waals surface area contributed by atoms with E-state index >= 15 is 0 Å². The molecule has 0 saturated carbocycles. The summed E-state index contributed by atoms with van der Waals surface area (Å²) in [5, 5.41) is 17.9. The van der Waals surface area contributed by atoms with Gasteiger partial charge in [0.1, 0.15) is 5.75 Å². The molecule has 1 aromatic rings. The molecule has 0 radical (unpaired) electrons. The Kier molecular flexibility index (Phi) is 5.30. The Hall–Kier alpha value is -1.05. The van der Waals surface area contributed by atoms with Crippen molar-refractivity contribution >= 4 is 15.9 Å². The smallest absolute Gasteiger partial charge is 0.126 e. The number of nitrogens with zero attached hydrogens (tertiary/aromatic N) is 1. The highest BCUT2D eigenvalue weighted by Gasteiger charge is 2.09. The molecule has 1 aromatic carbocycles. The molecule has 0 aliphatic carbocycles. The van der Waals surface area contributed by atoms with Crippen molar-refractivity contribution in [1.82, 2.24) is 0 Å². The zero-order chi connectivity index (χ0) is 12.0. The minimum absolute atomic E-state index is 0.484. The van der Waals surface area contributed by atoms with Crippen molar-refractivity contribution in [2.45, 2.75) is 25.9 Å². The van der Waals surface area contributed by atoms with Crippen LogP contribution in [0.15, 0.2) is 22.7 Å². The van der Waals surface area contributed by atoms with E-state index in [1.54, 1.807) is 6.92 Å². The predicted molar refractivity (Wildman–Crippen MR) is 65.1 cm³/mol. The fraction of sp³-hybridized carbons (Fsp3) is 0.417. The molecule has 1 N–H and O–H groups in total. The molecular weight excluding hydrogens is 270 g/mol. The summed E-state index contributed by atoms with van der Waals surface area (Å²) in [6, 6.07) is 7.58. The number of ether oxygens (including phenoxy) is 1. The van der Waals surface area contributed by atoms with E-state index in [9.17, 15) is 5.11 Å². The van der Waals surface area contributed by atoms with Gasteiger partial charge in [0.05, 0.1) is 18.8 Å². The molecule has 0 aliphatic heterocycles. The van der Waals surface area contributed by atoms with Crippen LogP contribution in [0.25, 0.3) is 0 Å². The molecule has 0 aromatic heterocycles. The van der Waals surface area contributed by atoms with Crippen LogP contribution >= 0.6 is 15.9 Å². The van der Waals surface area contributed by atoms with Crippen LogP contribution in [0.2, 0.25) is 0 Å². The van der Waals surface area contributed by atoms with Crippen LogP contribution in [0.3, 0.4) is 0 Å². The van der Waals surface area contributed by atoms with E-state index in [1.807, 2.05) is 18.2 Å². The van der Waals surface area contributed by atoms with E-state index < -0.39 is 6.10 Å². The SMILES string of the molecule is C[C@@H](O)c1ccc(Br)cc1OCCCC#N. The van der Waals surface area contributed by atoms with Crippen molar-refractivity contribution < 1.29 is 9.84 Å². The third-order valence-electron chi connectivity index (χ3n) is 2.12. The number of rotatable bonds is 5. The highest BCUT2D eigenvalue weighted by atomic mass is 79.9. The van der Waals surface area contributed by atoms with E-state index in [4.69, 9.17) is 10.00 Å². The van der Waals surface area contributed by atoms with Crippen LogP contribution in [-0.4, -0.2) is 11.7 Å². The molecule has 0 saturated heterocycles. The molecule has 4 heteroatoms. The van der Waals surface area contributed by atoms with Gasteiger partial charge in [-0.25, -0.2) is 0 Å². The zero-order valence-corrected chi connectivity index (χ0v) is 10.7. The number of hydrogen-bond donors (Lipinski definition) is 1. The Morgan fingerprint density at radius 3 is 2.94 bits per heavy atom. The lowest BCUT2D eigenvalue weighted by atomic mass is 10.1. The lowest BCUT2D eigenvalue weighted by Gasteiger charge is -2.13. The average Bonchev–Trinajstić information content (AvgIpc) is 2.24. The molecule has 1 rings (SSSR count). The van der Waals surface area contributed by atoms with E-state index in [0.717, 1.165) is 10.0 Å². The fourth-order valence-corrected chi connectivity index (χ4v) is 1.65. The summed E-state index contributed by atoms with van der Waals surface area (Å²) in [6.45, 7) is 2.19. The van der Waals surface area contributed by atoms with Crippen LogP contribution < -0.4 is 4.74 Å². The van der Waals surface area contributed by atoms with Crippen LogP contribution in [0.1, 0.15) is 31.4 Å². The van der Waals surface area contributed by atoms with Gasteiger partial charge in [0.2, 0.25) is 0 Å². The standard InChI is InChI=1S/C12H14BrNO2/c1-9(15)11-5-4-10(13)8-12(11)16-7-3-2-6-14/h4-5,8-9,15H,2-3,7H2,1H3/t9-/m1/s1. The second-order valence-electron chi connectivity index (χ2n) is 3.47. The van der Waals surface area contributed by atoms with Crippen molar-refractivity contribution in [3.8, 4) is 11.8 Å². The number of unbranched alkanes of at least 4 members (excludes halogenated alkanes) is 1. The predicted octanol–water partition coefficient (Wildman–Crippen LogP) is 3.18. The molecule has 1 atom stereocenters. The number of halogens is 1. The van der Waals surface area contributed by atoms with Crippen molar-refractivity contribution in [3.63, 3.8) is 0 Å². The molecule has 86 valence electrons. The fourth-order valence-electron chi connectivity index (χ4n) is 1.31. The van der Waals surface area contributed by atoms with Gasteiger partial charge in [-0.05, 0) is 25.5 Å². The van der Waals surface area contributed by atoms with Gasteiger partial charge in [-0.2, -0.15) is 5.26 Å². The molecule has 0 heterocycles. The maximum Gasteiger partial charge on any atom is 0.126 e. The van der Waals surface area contributed by atoms with E-state index in [0.29, 0.717) is 25.2 Å². The summed E-state index contributed by atoms with van der Waals surface area (Å²) in [4.78, 5) is 0. The van der Waals surface area contributed by atoms with Gasteiger partial charge in [0, 0.05) is 16.5 Å². The average molecular weight is 284 g/mol. The third-order valence-corrected chi connectivity index (χ3v) is 2.61. The quantitative estimate of drug-likeness (QED) is 0.845. The maximum absolute atomic E-state index is 9.55. The van der Waals surface area contributed by atoms with E-state index in [1.165, 1.54) is 0 Å². The lowest BCUT2D eigenvalue weighted by molar-refractivity contribution is 0.191. The first-order valence-corrected chi connectivity index (χ1v) is 5.91. The van der Waals surface area contributed by atoms with Gasteiger partial charge < -0.3 is 9.84 Å². The Labute approximate surface area is 104 Å². The summed E-state index contributed by atoms with van der Waals surface area (Å²) in [6.07, 6.45) is 0.624. The van der Waals surface area contributed by atoms with Gasteiger partial charge in [0.15, 0.2) is 0 Å². The second-order valence-corrected chi connectivity index (χ2v) is 4.38. The van der Waals surface area contributed by atoms with Crippen LogP contribution in [0.4, 0.5) is 0 Å². The number of aliphatic hydroxyl groups excluding tert-OH is 1. The molecule has 0 unspecified atom stereocenters. The van der Waals surface area contributed by atoms with E-state index in [-0.39, 0.29) is 0 Å². The summed E-state index contributed by atoms with van der Waals surface area (Å²) in [5.74, 6) is 0.669. The number of aliphatic hydroxyl groups is 1. The topological polar surface area (TPSA) is 53.2 Å². The molecule has 3 nitrogen and oxygen atoms in total. The van der Waals surface area contributed by atoms with Crippen molar-refractivity contribution in [2.75, 3.05) is 6.61 Å². The van der Waals surface area contributed by atoms with Gasteiger partial charge in [-0.1, -0.05) is 22.0 Å². The minimum Gasteiger partial charge on any atom is -0.493 e. The van der Waals surface area contributed by atoms with Gasteiger partial charge in [0.25, 0.3) is 0 Å². The molecule has 0 bridgehead atoms. The van der Waals surface area contributed by atoms with Crippen molar-refractivity contribution in [2.24, 2.45) is 0 Å². The van der Waals surface area contributed by atoms with Crippen LogP contribution in [-0.2, 0) is 0 Å². The Morgan fingerprint density at radius 2 is 2.31 bits per heavy atom. The van der Waals surface area contributed by atoms with Crippen LogP contribution in [0, 0.1) is 11.3 Å². The van der Waals surface area contributed by atoms with Crippen molar-refractivity contribution in [3.05, 3.63) is 28.2 Å². The monoisotopic (exact) mass is 283 g/mol. The molecular formula is C12H14BrNO2. The molecule has 0 spiro atoms. The summed E-state index contributed by atoms with van der Waals surface area (Å²) >= 11 is 3.35. The largest absolute Gasteiger partial charge is 0.493 e. The Morgan fingerprint density at radius 1 is 1.56 bits per heavy atom. The molecule has 16 heavy (non-hydrogen) atoms. The highest BCUT2D eigenvalue weighted by molar-refractivity contribution is 9.10. The number of nitriles is 1. The van der Waals surface area contributed by atoms with Crippen molar-refractivity contribution in [1.29, 1.82) is 5.26 Å². The first-order chi connectivity index (χ1) is 7.65. The molecule has 0 amide bonds. The summed E-state index contributed by atoms with van der Waals surface area (Å²) in [5.41, 5.74) is 0.764. The normalized spacial score (nSPS) is 11.9. The molecule has 0 aliphatic rings. The number of benzene rings is 1. The van der Waals surface area contributed by atoms with Gasteiger partial charge >= 0.3 is 0 Å². The molecule has 0 fully saturated rings. The second kappa shape index (κ2) is 6.51. The first kappa shape index (κ1) is 13.0. The highest BCUT2D eigenvalue weighted by Crippen LogP contribution is 2.28. The van der Waals surface area contributed by atoms with E-state index in [2.05, 4.69) is 22.0 Å².